The average Bonchev–Trinajstić information content (AvgIpc) is 3.24. The Morgan fingerprint density at radius 2 is 2.12 bits per heavy atom. The Hall–Kier alpha value is -2.12. The number of nitrogens with one attached hydrogen (secondary N) is 2. The van der Waals surface area contributed by atoms with Crippen LogP contribution in [0.2, 0.25) is 5.02 Å². The quantitative estimate of drug-likeness (QED) is 0.871. The van der Waals surface area contributed by atoms with E-state index in [0.717, 1.165) is 49.8 Å². The third-order valence-corrected chi connectivity index (χ3v) is 4.88. The van der Waals surface area contributed by atoms with Gasteiger partial charge in [-0.15, -0.1) is 0 Å². The molecular formula is C16H19ClN6O. The van der Waals surface area contributed by atoms with Gasteiger partial charge in [0.05, 0.1) is 6.54 Å². The topological polar surface area (TPSA) is 77.2 Å². The van der Waals surface area contributed by atoms with E-state index in [2.05, 4.69) is 25.4 Å². The molecule has 0 saturated carbocycles. The molecule has 1 aromatic heterocycles. The molecule has 0 aliphatic carbocycles. The van der Waals surface area contributed by atoms with Gasteiger partial charge in [0.2, 0.25) is 5.91 Å². The van der Waals surface area contributed by atoms with Gasteiger partial charge in [0.25, 0.3) is 0 Å². The number of piperazine rings is 1. The van der Waals surface area contributed by atoms with E-state index in [1.807, 2.05) is 23.1 Å². The zero-order valence-electron chi connectivity index (χ0n) is 13.2. The van der Waals surface area contributed by atoms with Crippen LogP contribution < -0.4 is 5.32 Å². The molecule has 8 heteroatoms. The summed E-state index contributed by atoms with van der Waals surface area (Å²) in [6.45, 7) is 3.91. The van der Waals surface area contributed by atoms with Gasteiger partial charge in [-0.2, -0.15) is 5.10 Å². The minimum absolute atomic E-state index is 0.168. The molecule has 24 heavy (non-hydrogen) atoms. The third kappa shape index (κ3) is 3.09. The van der Waals surface area contributed by atoms with E-state index < -0.39 is 0 Å². The number of anilines is 1. The highest BCUT2D eigenvalue weighted by atomic mass is 35.5. The Balaban J connectivity index is 1.32. The molecule has 2 N–H and O–H groups in total. The second kappa shape index (κ2) is 6.41. The van der Waals surface area contributed by atoms with Crippen LogP contribution in [-0.4, -0.2) is 63.1 Å². The maximum Gasteiger partial charge on any atom is 0.245 e. The second-order valence-corrected chi connectivity index (χ2v) is 6.67. The summed E-state index contributed by atoms with van der Waals surface area (Å²) in [6.07, 6.45) is 2.22. The van der Waals surface area contributed by atoms with Crippen LogP contribution in [0.3, 0.4) is 0 Å². The molecule has 0 spiro atoms. The summed E-state index contributed by atoms with van der Waals surface area (Å²) in [6, 6.07) is 5.55. The van der Waals surface area contributed by atoms with Crippen molar-refractivity contribution >= 4 is 23.2 Å². The minimum Gasteiger partial charge on any atom is -0.373 e. The van der Waals surface area contributed by atoms with Gasteiger partial charge in [-0.1, -0.05) is 11.6 Å². The van der Waals surface area contributed by atoms with Gasteiger partial charge in [0.15, 0.2) is 0 Å². The summed E-state index contributed by atoms with van der Waals surface area (Å²) in [5, 5.41) is 10.8. The molecule has 2 aliphatic rings. The van der Waals surface area contributed by atoms with E-state index in [0.29, 0.717) is 11.4 Å². The zero-order valence-corrected chi connectivity index (χ0v) is 14.0. The van der Waals surface area contributed by atoms with E-state index in [1.54, 1.807) is 0 Å². The van der Waals surface area contributed by atoms with E-state index >= 15 is 0 Å². The molecule has 0 unspecified atom stereocenters. The first-order valence-corrected chi connectivity index (χ1v) is 8.47. The van der Waals surface area contributed by atoms with Crippen molar-refractivity contribution in [3.05, 3.63) is 40.9 Å². The van der Waals surface area contributed by atoms with Gasteiger partial charge < -0.3 is 10.2 Å². The van der Waals surface area contributed by atoms with E-state index in [1.165, 1.54) is 6.33 Å². The maximum absolute atomic E-state index is 12.8. The number of hydrogen-bond donors (Lipinski definition) is 2. The fourth-order valence-corrected chi connectivity index (χ4v) is 3.54. The molecule has 3 heterocycles. The Labute approximate surface area is 145 Å². The minimum atomic E-state index is -0.181. The van der Waals surface area contributed by atoms with Crippen LogP contribution in [0.1, 0.15) is 11.4 Å². The predicted octanol–water partition coefficient (Wildman–Crippen LogP) is 1.14. The van der Waals surface area contributed by atoms with E-state index in [9.17, 15) is 4.79 Å². The SMILES string of the molecule is O=C([C@H]1Cc2cc(Cl)ccc2N1)N1CCN(Cc2ncn[nH]2)CC1. The van der Waals surface area contributed by atoms with Crippen LogP contribution in [0.5, 0.6) is 0 Å². The summed E-state index contributed by atoms with van der Waals surface area (Å²) in [5.74, 6) is 1.03. The predicted molar refractivity (Wildman–Crippen MR) is 90.8 cm³/mol. The first-order chi connectivity index (χ1) is 11.7. The smallest absolute Gasteiger partial charge is 0.245 e. The summed E-state index contributed by atoms with van der Waals surface area (Å²) in [4.78, 5) is 21.1. The Morgan fingerprint density at radius 1 is 1.29 bits per heavy atom. The number of amides is 1. The fourth-order valence-electron chi connectivity index (χ4n) is 3.35. The highest BCUT2D eigenvalue weighted by Gasteiger charge is 2.32. The Morgan fingerprint density at radius 3 is 2.88 bits per heavy atom. The van der Waals surface area contributed by atoms with Crippen molar-refractivity contribution in [3.8, 4) is 0 Å². The monoisotopic (exact) mass is 346 g/mol. The maximum atomic E-state index is 12.8. The number of nitrogens with zero attached hydrogens (tertiary/aromatic N) is 4. The Kier molecular flexibility index (Phi) is 4.12. The number of aromatic amines is 1. The van der Waals surface area contributed by atoms with Crippen LogP contribution >= 0.6 is 11.6 Å². The lowest BCUT2D eigenvalue weighted by Crippen LogP contribution is -2.52. The summed E-state index contributed by atoms with van der Waals surface area (Å²) in [7, 11) is 0. The number of fused-ring (bicyclic) bond motifs is 1. The molecule has 7 nitrogen and oxygen atoms in total. The molecule has 1 saturated heterocycles. The van der Waals surface area contributed by atoms with Crippen molar-refractivity contribution in [2.45, 2.75) is 19.0 Å². The molecule has 126 valence electrons. The first kappa shape index (κ1) is 15.4. The fraction of sp³-hybridized carbons (Fsp3) is 0.438. The molecule has 4 rings (SSSR count). The molecule has 1 atom stereocenters. The van der Waals surface area contributed by atoms with Gasteiger partial charge in [-0.25, -0.2) is 4.98 Å². The Bertz CT molecular complexity index is 726. The standard InChI is InChI=1S/C16H19ClN6O/c17-12-1-2-13-11(7-12)8-14(20-13)16(24)23-5-3-22(4-6-23)9-15-18-10-19-21-15/h1-2,7,10,14,20H,3-6,8-9H2,(H,18,19,21)/t14-/m1/s1. The number of rotatable bonds is 3. The lowest BCUT2D eigenvalue weighted by atomic mass is 10.1. The van der Waals surface area contributed by atoms with Crippen molar-refractivity contribution in [2.24, 2.45) is 0 Å². The average molecular weight is 347 g/mol. The van der Waals surface area contributed by atoms with Gasteiger partial charge in [-0.05, 0) is 23.8 Å². The first-order valence-electron chi connectivity index (χ1n) is 8.09. The number of carbonyl (C=O) groups is 1. The number of hydrogen-bond acceptors (Lipinski definition) is 5. The largest absolute Gasteiger partial charge is 0.373 e. The highest BCUT2D eigenvalue weighted by Crippen LogP contribution is 2.29. The van der Waals surface area contributed by atoms with Gasteiger partial charge in [0, 0.05) is 43.3 Å². The molecule has 1 amide bonds. The van der Waals surface area contributed by atoms with Crippen molar-refractivity contribution in [1.29, 1.82) is 0 Å². The third-order valence-electron chi connectivity index (χ3n) is 4.64. The van der Waals surface area contributed by atoms with Crippen LogP contribution in [0.25, 0.3) is 0 Å². The molecule has 2 aliphatic heterocycles. The van der Waals surface area contributed by atoms with Gasteiger partial charge in [0.1, 0.15) is 18.2 Å². The molecule has 0 bridgehead atoms. The molecule has 1 aromatic carbocycles. The molecule has 2 aromatic rings. The number of benzene rings is 1. The lowest BCUT2D eigenvalue weighted by Gasteiger charge is -2.35. The van der Waals surface area contributed by atoms with E-state index in [-0.39, 0.29) is 11.9 Å². The van der Waals surface area contributed by atoms with Crippen LogP contribution in [-0.2, 0) is 17.8 Å². The summed E-state index contributed by atoms with van der Waals surface area (Å²) >= 11 is 6.03. The summed E-state index contributed by atoms with van der Waals surface area (Å²) in [5.41, 5.74) is 2.13. The van der Waals surface area contributed by atoms with Gasteiger partial charge in [-0.3, -0.25) is 14.8 Å². The molecular weight excluding hydrogens is 328 g/mol. The van der Waals surface area contributed by atoms with Crippen LogP contribution in [0.15, 0.2) is 24.5 Å². The summed E-state index contributed by atoms with van der Waals surface area (Å²) < 4.78 is 0. The molecule has 1 fully saturated rings. The lowest BCUT2D eigenvalue weighted by molar-refractivity contribution is -0.133. The van der Waals surface area contributed by atoms with Crippen molar-refractivity contribution in [2.75, 3.05) is 31.5 Å². The molecule has 0 radical (unpaired) electrons. The van der Waals surface area contributed by atoms with Gasteiger partial charge >= 0.3 is 0 Å². The van der Waals surface area contributed by atoms with Crippen molar-refractivity contribution < 1.29 is 4.79 Å². The van der Waals surface area contributed by atoms with Crippen LogP contribution in [0, 0.1) is 0 Å². The number of aromatic nitrogens is 3. The highest BCUT2D eigenvalue weighted by molar-refractivity contribution is 6.30. The van der Waals surface area contributed by atoms with E-state index in [4.69, 9.17) is 11.6 Å². The van der Waals surface area contributed by atoms with Crippen molar-refractivity contribution in [1.82, 2.24) is 25.0 Å². The van der Waals surface area contributed by atoms with Crippen LogP contribution in [0.4, 0.5) is 5.69 Å². The van der Waals surface area contributed by atoms with Crippen molar-refractivity contribution in [3.63, 3.8) is 0 Å². The number of halogens is 1. The zero-order chi connectivity index (χ0) is 16.5. The number of carbonyl (C=O) groups excluding carboxylic acids is 1. The normalized spacial score (nSPS) is 20.7. The number of H-pyrrole nitrogens is 1. The second-order valence-electron chi connectivity index (χ2n) is 6.24.